The largest absolute Gasteiger partial charge is 0.493 e. The molecule has 3 aliphatic rings. The van der Waals surface area contributed by atoms with Gasteiger partial charge in [0, 0.05) is 147 Å². The fourth-order valence-electron chi connectivity index (χ4n) is 11.7. The number of benzene rings is 3. The average molecular weight is 1280 g/mol. The quantitative estimate of drug-likeness (QED) is 0.0654. The van der Waals surface area contributed by atoms with Gasteiger partial charge in [0.2, 0.25) is 0 Å². The summed E-state index contributed by atoms with van der Waals surface area (Å²) in [6.45, 7) is 10.0. The van der Waals surface area contributed by atoms with E-state index in [-0.39, 0.29) is 41.7 Å². The lowest BCUT2D eigenvalue weighted by Gasteiger charge is -2.24. The third kappa shape index (κ3) is 14.9. The molecule has 4 atom stereocenters. The highest BCUT2D eigenvalue weighted by Crippen LogP contribution is 2.36. The van der Waals surface area contributed by atoms with Crippen molar-refractivity contribution >= 4 is 34.4 Å². The molecule has 11 heterocycles. The molecular weight excluding hydrogens is 1200 g/mol. The van der Waals surface area contributed by atoms with Gasteiger partial charge in [-0.05, 0) is 149 Å². The van der Waals surface area contributed by atoms with E-state index in [1.165, 1.54) is 49.2 Å². The van der Waals surface area contributed by atoms with Crippen molar-refractivity contribution in [2.24, 2.45) is 33.0 Å². The second-order valence-electron chi connectivity index (χ2n) is 24.5. The molecule has 23 heteroatoms. The van der Waals surface area contributed by atoms with Gasteiger partial charge < -0.3 is 53.3 Å². The summed E-state index contributed by atoms with van der Waals surface area (Å²) in [6, 6.07) is 25.1. The summed E-state index contributed by atoms with van der Waals surface area (Å²) in [7, 11) is 5.95. The van der Waals surface area contributed by atoms with E-state index in [0.717, 1.165) is 105 Å². The summed E-state index contributed by atoms with van der Waals surface area (Å²) in [5, 5.41) is 23.4. The van der Waals surface area contributed by atoms with Gasteiger partial charge in [-0.3, -0.25) is 0 Å². The van der Waals surface area contributed by atoms with E-state index in [9.17, 15) is 13.2 Å². The number of aryl methyl sites for hydroxylation is 3. The summed E-state index contributed by atoms with van der Waals surface area (Å²) in [5.74, 6) is 4.37. The molecule has 4 unspecified atom stereocenters. The Bertz CT molecular complexity index is 4560. The van der Waals surface area contributed by atoms with E-state index < -0.39 is 0 Å². The first-order valence-corrected chi connectivity index (χ1v) is 31.9. The minimum atomic E-state index is -0.302. The molecule has 0 radical (unpaired) electrons. The minimum Gasteiger partial charge on any atom is -0.493 e. The maximum absolute atomic E-state index is 14.1. The number of anilines is 3. The Hall–Kier alpha value is -10.1. The third-order valence-corrected chi connectivity index (χ3v) is 17.1. The number of hydrogen-bond donors (Lipinski definition) is 3. The Kier molecular flexibility index (Phi) is 18.7. The number of ether oxygens (including phenoxy) is 5. The molecule has 3 N–H and O–H groups in total. The van der Waals surface area contributed by atoms with Crippen LogP contribution in [0.4, 0.5) is 30.6 Å². The topological polar surface area (TPSA) is 188 Å². The fourth-order valence-corrected chi connectivity index (χ4v) is 11.7. The predicted octanol–water partition coefficient (Wildman–Crippen LogP) is 13.9. The highest BCUT2D eigenvalue weighted by molar-refractivity contribution is 5.79. The molecule has 12 aromatic rings. The lowest BCUT2D eigenvalue weighted by molar-refractivity contribution is 0.0496. The van der Waals surface area contributed by atoms with Gasteiger partial charge in [-0.1, -0.05) is 0 Å². The Morgan fingerprint density at radius 3 is 1.19 bits per heavy atom. The smallest absolute Gasteiger partial charge is 0.165 e. The fraction of sp³-hybridized carbons (Fsp3) is 0.324. The molecule has 0 spiro atoms. The third-order valence-electron chi connectivity index (χ3n) is 17.1. The molecule has 1 aliphatic carbocycles. The zero-order valence-electron chi connectivity index (χ0n) is 53.4. The van der Waals surface area contributed by atoms with Gasteiger partial charge in [0.15, 0.2) is 16.9 Å². The molecule has 2 aliphatic heterocycles. The number of fused-ring (bicyclic) bond motifs is 3. The first-order valence-electron chi connectivity index (χ1n) is 31.9. The summed E-state index contributed by atoms with van der Waals surface area (Å²) < 4.78 is 82.4. The highest BCUT2D eigenvalue weighted by Gasteiger charge is 2.26. The Morgan fingerprint density at radius 2 is 0.830 bits per heavy atom. The second-order valence-corrected chi connectivity index (χ2v) is 24.5. The van der Waals surface area contributed by atoms with Gasteiger partial charge in [0.05, 0.1) is 63.1 Å². The van der Waals surface area contributed by atoms with Crippen molar-refractivity contribution in [3.05, 3.63) is 199 Å². The van der Waals surface area contributed by atoms with Gasteiger partial charge in [0.1, 0.15) is 58.3 Å². The summed E-state index contributed by atoms with van der Waals surface area (Å²) in [4.78, 5) is 14.3. The van der Waals surface area contributed by atoms with Crippen LogP contribution in [-0.2, 0) is 30.6 Å². The molecular formula is C71H76F3N15O5. The van der Waals surface area contributed by atoms with Crippen LogP contribution in [0.1, 0.15) is 87.7 Å². The maximum Gasteiger partial charge on any atom is 0.165 e. The van der Waals surface area contributed by atoms with Crippen molar-refractivity contribution in [2.75, 3.05) is 55.6 Å². The molecule has 9 aromatic heterocycles. The van der Waals surface area contributed by atoms with Gasteiger partial charge >= 0.3 is 0 Å². The van der Waals surface area contributed by atoms with E-state index in [1.807, 2.05) is 166 Å². The van der Waals surface area contributed by atoms with Crippen molar-refractivity contribution in [1.29, 1.82) is 0 Å². The normalized spacial score (nSPS) is 15.9. The van der Waals surface area contributed by atoms with E-state index in [2.05, 4.69) is 31.2 Å². The zero-order valence-corrected chi connectivity index (χ0v) is 53.4. The van der Waals surface area contributed by atoms with Crippen molar-refractivity contribution < 1.29 is 36.9 Å². The average Bonchev–Trinajstić information content (AvgIpc) is 1.77. The molecule has 3 fully saturated rings. The van der Waals surface area contributed by atoms with Crippen LogP contribution in [0.15, 0.2) is 165 Å². The van der Waals surface area contributed by atoms with Crippen LogP contribution in [0.3, 0.4) is 0 Å². The summed E-state index contributed by atoms with van der Waals surface area (Å²) >= 11 is 0. The molecule has 0 bridgehead atoms. The van der Waals surface area contributed by atoms with Crippen LogP contribution in [0, 0.1) is 29.3 Å². The van der Waals surface area contributed by atoms with Crippen molar-refractivity contribution in [3.8, 4) is 50.6 Å². The number of halogens is 3. The first kappa shape index (κ1) is 62.7. The molecule has 20 nitrogen and oxygen atoms in total. The standard InChI is InChI=1S/C25H28FN5O2.C23H24FN5O2.C23H24FN5O/c1-17(21-13-20(26)3-4-23(21)33-16-18-7-11-32-12-8-18)28-24-6-10-31-25(29-24)22(14-27-31)19-5-9-30(2)15-19;1-15(19-11-17(24)3-4-21(19)31-18-7-10-30-14-18)26-22-6-9-29-23(27-22)20(12-25-29)16-5-8-28(2)13-16;1-15(19-11-18(24)5-6-21(19)30-14-16-3-4-16)26-22-8-10-29-23(27-22)20(12-25-29)17-7-9-28(2)13-17/h3-6,9-10,13-15,17-18H,7-8,11-12,16H2,1-2H3,(H,28,29);3-6,8-9,11-13,15,18H,7,10,14H2,1-2H3,(H,26,27);5-13,15-16H,3-4,14H2,1-2H3,(H,26,27). The SMILES string of the molecule is CC(Nc1ccn2ncc(-c3ccn(C)c3)c2n1)c1cc(F)ccc1OC1CCOC1.CC(Nc1ccn2ncc(-c3ccn(C)c3)c2n1)c1cc(F)ccc1OCC1CC1.CC(Nc1ccn2ncc(-c3ccn(C)c3)c2n1)c1cc(F)ccc1OCC1CCOCC1. The van der Waals surface area contributed by atoms with E-state index in [4.69, 9.17) is 38.6 Å². The van der Waals surface area contributed by atoms with Gasteiger partial charge in [-0.2, -0.15) is 15.3 Å². The zero-order chi connectivity index (χ0) is 64.8. The van der Waals surface area contributed by atoms with Crippen LogP contribution < -0.4 is 30.2 Å². The number of hydrogen-bond acceptors (Lipinski definition) is 14. The Labute approximate surface area is 542 Å². The van der Waals surface area contributed by atoms with Gasteiger partial charge in [-0.25, -0.2) is 41.7 Å². The maximum atomic E-state index is 14.1. The number of nitrogens with one attached hydrogen (secondary N) is 3. The van der Waals surface area contributed by atoms with Crippen LogP contribution in [0.2, 0.25) is 0 Å². The second kappa shape index (κ2) is 28.0. The molecule has 94 heavy (non-hydrogen) atoms. The first-order chi connectivity index (χ1) is 45.7. The van der Waals surface area contributed by atoms with Crippen molar-refractivity contribution in [2.45, 2.75) is 77.1 Å². The molecule has 0 amide bonds. The van der Waals surface area contributed by atoms with Crippen molar-refractivity contribution in [1.82, 2.24) is 57.5 Å². The molecule has 2 saturated heterocycles. The predicted molar refractivity (Wildman–Crippen MR) is 355 cm³/mol. The lowest BCUT2D eigenvalue weighted by atomic mass is 10.0. The highest BCUT2D eigenvalue weighted by atomic mass is 19.1. The molecule has 15 rings (SSSR count). The summed E-state index contributed by atoms with van der Waals surface area (Å²) in [5.41, 5.74) is 10.6. The molecule has 486 valence electrons. The number of nitrogens with zero attached hydrogens (tertiary/aromatic N) is 12. The lowest BCUT2D eigenvalue weighted by Crippen LogP contribution is -2.22. The van der Waals surface area contributed by atoms with Crippen LogP contribution in [0.5, 0.6) is 17.2 Å². The summed E-state index contributed by atoms with van der Waals surface area (Å²) in [6.07, 6.45) is 28.4. The Morgan fingerprint density at radius 1 is 0.457 bits per heavy atom. The van der Waals surface area contributed by atoms with E-state index in [1.54, 1.807) is 31.7 Å². The van der Waals surface area contributed by atoms with Crippen LogP contribution in [-0.4, -0.2) is 103 Å². The number of rotatable bonds is 20. The van der Waals surface area contributed by atoms with Crippen LogP contribution >= 0.6 is 0 Å². The minimum absolute atomic E-state index is 0.00823. The van der Waals surface area contributed by atoms with Gasteiger partial charge in [-0.15, -0.1) is 0 Å². The Balaban J connectivity index is 0.000000128. The molecule has 1 saturated carbocycles. The molecule has 3 aromatic carbocycles. The van der Waals surface area contributed by atoms with Crippen molar-refractivity contribution in [3.63, 3.8) is 0 Å². The van der Waals surface area contributed by atoms with E-state index >= 15 is 0 Å². The van der Waals surface area contributed by atoms with Crippen LogP contribution in [0.25, 0.3) is 50.3 Å². The van der Waals surface area contributed by atoms with Gasteiger partial charge in [0.25, 0.3) is 0 Å². The number of aromatic nitrogens is 12. The monoisotopic (exact) mass is 1280 g/mol. The van der Waals surface area contributed by atoms with E-state index in [0.29, 0.717) is 67.2 Å².